The van der Waals surface area contributed by atoms with Crippen molar-refractivity contribution < 1.29 is 4.79 Å². The first-order valence-corrected chi connectivity index (χ1v) is 8.88. The Balaban J connectivity index is 1.74. The Bertz CT molecular complexity index is 913. The van der Waals surface area contributed by atoms with Crippen LogP contribution in [0, 0.1) is 0 Å². The third kappa shape index (κ3) is 2.40. The maximum absolute atomic E-state index is 12.2. The van der Waals surface area contributed by atoms with E-state index in [1.165, 1.54) is 0 Å². The van der Waals surface area contributed by atoms with E-state index in [0.717, 1.165) is 27.2 Å². The number of aromatic nitrogens is 3. The summed E-state index contributed by atoms with van der Waals surface area (Å²) < 4.78 is 3.17. The molecule has 4 rings (SSSR count). The minimum absolute atomic E-state index is 0.0135. The monoisotopic (exact) mass is 341 g/mol. The minimum Gasteiger partial charge on any atom is -0.333 e. The van der Waals surface area contributed by atoms with E-state index in [2.05, 4.69) is 18.0 Å². The van der Waals surface area contributed by atoms with Crippen molar-refractivity contribution in [1.82, 2.24) is 19.7 Å². The fraction of sp³-hybridized carbons (Fsp3) is 0.353. The van der Waals surface area contributed by atoms with Gasteiger partial charge in [-0.15, -0.1) is 11.3 Å². The molecule has 7 heteroatoms. The molecule has 0 radical (unpaired) electrons. The van der Waals surface area contributed by atoms with Gasteiger partial charge in [0.25, 0.3) is 0 Å². The number of fused-ring (bicyclic) bond motifs is 2. The number of hydrogen-bond donors (Lipinski definition) is 1. The van der Waals surface area contributed by atoms with Crippen LogP contribution in [0.4, 0.5) is 0 Å². The molecule has 0 saturated heterocycles. The number of carbonyl (C=O) groups excluding carboxylic acids is 1. The highest BCUT2D eigenvalue weighted by atomic mass is 32.1. The number of nitrogens with two attached hydrogens (primary N) is 1. The van der Waals surface area contributed by atoms with Gasteiger partial charge in [0.2, 0.25) is 5.91 Å². The molecular weight excluding hydrogens is 322 g/mol. The van der Waals surface area contributed by atoms with E-state index in [4.69, 9.17) is 10.8 Å². The number of carbonyl (C=O) groups is 1. The molecule has 0 bridgehead atoms. The quantitative estimate of drug-likeness (QED) is 0.776. The molecule has 3 aromatic rings. The Hall–Kier alpha value is -2.25. The van der Waals surface area contributed by atoms with Gasteiger partial charge in [0.05, 0.1) is 40.2 Å². The molecule has 1 amide bonds. The minimum atomic E-state index is -0.475. The summed E-state index contributed by atoms with van der Waals surface area (Å²) in [6.07, 6.45) is 1.82. The zero-order valence-electron chi connectivity index (χ0n) is 13.6. The summed E-state index contributed by atoms with van der Waals surface area (Å²) in [5.74, 6) is -0.0135. The molecule has 4 heterocycles. The van der Waals surface area contributed by atoms with Crippen LogP contribution in [-0.4, -0.2) is 38.2 Å². The number of rotatable bonds is 2. The Morgan fingerprint density at radius 1 is 1.46 bits per heavy atom. The number of hydrogen-bond acceptors (Lipinski definition) is 5. The van der Waals surface area contributed by atoms with Crippen molar-refractivity contribution in [2.45, 2.75) is 32.5 Å². The average molecular weight is 341 g/mol. The van der Waals surface area contributed by atoms with Gasteiger partial charge in [-0.2, -0.15) is 5.10 Å². The van der Waals surface area contributed by atoms with Gasteiger partial charge in [-0.25, -0.2) is 0 Å². The predicted molar refractivity (Wildman–Crippen MR) is 94.6 cm³/mol. The van der Waals surface area contributed by atoms with Crippen molar-refractivity contribution in [3.63, 3.8) is 0 Å². The lowest BCUT2D eigenvalue weighted by atomic mass is 10.1. The molecule has 2 atom stereocenters. The molecule has 6 nitrogen and oxygen atoms in total. The molecule has 0 aromatic carbocycles. The second-order valence-electron chi connectivity index (χ2n) is 6.32. The fourth-order valence-corrected chi connectivity index (χ4v) is 4.13. The first-order valence-electron chi connectivity index (χ1n) is 8.00. The molecule has 124 valence electrons. The van der Waals surface area contributed by atoms with Crippen molar-refractivity contribution in [2.24, 2.45) is 5.73 Å². The average Bonchev–Trinajstić information content (AvgIpc) is 3.20. The van der Waals surface area contributed by atoms with Gasteiger partial charge in [-0.3, -0.25) is 14.5 Å². The second-order valence-corrected chi connectivity index (χ2v) is 7.23. The third-order valence-corrected chi connectivity index (χ3v) is 5.33. The van der Waals surface area contributed by atoms with E-state index in [9.17, 15) is 4.79 Å². The zero-order chi connectivity index (χ0) is 16.8. The first-order chi connectivity index (χ1) is 11.5. The number of pyridine rings is 1. The van der Waals surface area contributed by atoms with Crippen molar-refractivity contribution in [2.75, 3.05) is 6.54 Å². The predicted octanol–water partition coefficient (Wildman–Crippen LogP) is 2.41. The van der Waals surface area contributed by atoms with Crippen molar-refractivity contribution in [3.05, 3.63) is 35.5 Å². The highest BCUT2D eigenvalue weighted by Gasteiger charge is 2.28. The topological polar surface area (TPSA) is 77.0 Å². The summed E-state index contributed by atoms with van der Waals surface area (Å²) in [6.45, 7) is 5.00. The highest BCUT2D eigenvalue weighted by Crippen LogP contribution is 2.32. The number of amides is 1. The molecule has 0 aliphatic carbocycles. The fourth-order valence-electron chi connectivity index (χ4n) is 3.25. The van der Waals surface area contributed by atoms with Crippen LogP contribution in [0.5, 0.6) is 0 Å². The Kier molecular flexibility index (Phi) is 3.62. The molecule has 24 heavy (non-hydrogen) atoms. The molecule has 1 aliphatic rings. The molecule has 3 aromatic heterocycles. The van der Waals surface area contributed by atoms with Crippen LogP contribution in [-0.2, 0) is 11.3 Å². The SMILES string of the molecule is C[C@H](N)C(=O)N1Cc2cc(-c3ccnc4ccsc34)nn2[C@@H](C)C1. The van der Waals surface area contributed by atoms with Crippen LogP contribution < -0.4 is 5.73 Å². The molecule has 0 saturated carbocycles. The van der Waals surface area contributed by atoms with Crippen LogP contribution >= 0.6 is 11.3 Å². The maximum atomic E-state index is 12.2. The van der Waals surface area contributed by atoms with Crippen LogP contribution in [0.2, 0.25) is 0 Å². The largest absolute Gasteiger partial charge is 0.333 e. The summed E-state index contributed by atoms with van der Waals surface area (Å²) >= 11 is 1.67. The lowest BCUT2D eigenvalue weighted by Crippen LogP contribution is -2.46. The van der Waals surface area contributed by atoms with Gasteiger partial charge >= 0.3 is 0 Å². The molecule has 2 N–H and O–H groups in total. The van der Waals surface area contributed by atoms with Crippen LogP contribution in [0.1, 0.15) is 25.6 Å². The van der Waals surface area contributed by atoms with Gasteiger partial charge in [0.15, 0.2) is 0 Å². The van der Waals surface area contributed by atoms with E-state index < -0.39 is 6.04 Å². The highest BCUT2D eigenvalue weighted by molar-refractivity contribution is 7.17. The summed E-state index contributed by atoms with van der Waals surface area (Å²) in [4.78, 5) is 18.4. The first kappa shape index (κ1) is 15.3. The van der Waals surface area contributed by atoms with E-state index in [1.54, 1.807) is 18.3 Å². The Morgan fingerprint density at radius 2 is 2.29 bits per heavy atom. The second kappa shape index (κ2) is 5.68. The molecule has 0 spiro atoms. The van der Waals surface area contributed by atoms with E-state index in [0.29, 0.717) is 13.1 Å². The smallest absolute Gasteiger partial charge is 0.239 e. The van der Waals surface area contributed by atoms with Gasteiger partial charge in [-0.05, 0) is 37.4 Å². The van der Waals surface area contributed by atoms with Gasteiger partial charge in [-0.1, -0.05) is 0 Å². The van der Waals surface area contributed by atoms with E-state index in [-0.39, 0.29) is 11.9 Å². The Morgan fingerprint density at radius 3 is 3.08 bits per heavy atom. The summed E-state index contributed by atoms with van der Waals surface area (Å²) in [5, 5.41) is 6.84. The zero-order valence-corrected chi connectivity index (χ0v) is 14.5. The number of thiophene rings is 1. The molecule has 0 fully saturated rings. The van der Waals surface area contributed by atoms with Gasteiger partial charge in [0.1, 0.15) is 0 Å². The van der Waals surface area contributed by atoms with Gasteiger partial charge < -0.3 is 10.6 Å². The van der Waals surface area contributed by atoms with Crippen LogP contribution in [0.15, 0.2) is 29.8 Å². The summed E-state index contributed by atoms with van der Waals surface area (Å²) in [6, 6.07) is 5.75. The summed E-state index contributed by atoms with van der Waals surface area (Å²) in [5.41, 5.74) is 9.82. The molecule has 0 unspecified atom stereocenters. The van der Waals surface area contributed by atoms with Crippen LogP contribution in [0.25, 0.3) is 21.5 Å². The standard InChI is InChI=1S/C17H19N5OS/c1-10-8-21(17(23)11(2)18)9-12-7-15(20-22(10)12)13-3-5-19-14-4-6-24-16(13)14/h3-7,10-11H,8-9,18H2,1-2H3/t10-,11-/m0/s1. The molecular formula is C17H19N5OS. The van der Waals surface area contributed by atoms with Crippen LogP contribution in [0.3, 0.4) is 0 Å². The number of nitrogens with zero attached hydrogens (tertiary/aromatic N) is 4. The van der Waals surface area contributed by atoms with E-state index >= 15 is 0 Å². The Labute approximate surface area is 143 Å². The lowest BCUT2D eigenvalue weighted by Gasteiger charge is -2.33. The van der Waals surface area contributed by atoms with Crippen molar-refractivity contribution >= 4 is 27.5 Å². The maximum Gasteiger partial charge on any atom is 0.239 e. The van der Waals surface area contributed by atoms with E-state index in [1.807, 2.05) is 33.3 Å². The summed E-state index contributed by atoms with van der Waals surface area (Å²) in [7, 11) is 0. The molecule has 1 aliphatic heterocycles. The van der Waals surface area contributed by atoms with Crippen molar-refractivity contribution in [3.8, 4) is 11.3 Å². The lowest BCUT2D eigenvalue weighted by molar-refractivity contribution is -0.134. The normalized spacial score (nSPS) is 18.6. The van der Waals surface area contributed by atoms with Crippen molar-refractivity contribution in [1.29, 1.82) is 0 Å². The van der Waals surface area contributed by atoms with Gasteiger partial charge in [0, 0.05) is 18.3 Å². The third-order valence-electron chi connectivity index (χ3n) is 4.39.